The average molecular weight is 364 g/mol. The topological polar surface area (TPSA) is 61.8 Å². The number of aryl methyl sites for hydroxylation is 1. The van der Waals surface area contributed by atoms with Crippen molar-refractivity contribution in [3.8, 4) is 11.4 Å². The van der Waals surface area contributed by atoms with E-state index in [1.54, 1.807) is 0 Å². The average Bonchev–Trinajstić information content (AvgIpc) is 2.97. The molecular formula is C17H15F3N4O2. The molecule has 0 radical (unpaired) electrons. The molecule has 0 amide bonds. The van der Waals surface area contributed by atoms with Crippen molar-refractivity contribution in [2.24, 2.45) is 14.1 Å². The van der Waals surface area contributed by atoms with Gasteiger partial charge in [0.25, 0.3) is 5.56 Å². The maximum atomic E-state index is 13.4. The van der Waals surface area contributed by atoms with Crippen molar-refractivity contribution in [1.29, 1.82) is 0 Å². The molecule has 1 aromatic carbocycles. The molecule has 0 aliphatic carbocycles. The van der Waals surface area contributed by atoms with Crippen molar-refractivity contribution in [3.63, 3.8) is 0 Å². The quantitative estimate of drug-likeness (QED) is 0.670. The predicted octanol–water partition coefficient (Wildman–Crippen LogP) is 2.31. The molecule has 0 saturated carbocycles. The maximum absolute atomic E-state index is 13.4. The molecular weight excluding hydrogens is 349 g/mol. The van der Waals surface area contributed by atoms with E-state index in [-0.39, 0.29) is 29.1 Å². The third-order valence-corrected chi connectivity index (χ3v) is 4.13. The van der Waals surface area contributed by atoms with Gasteiger partial charge in [0.1, 0.15) is 5.82 Å². The van der Waals surface area contributed by atoms with E-state index in [1.807, 2.05) is 0 Å². The largest absolute Gasteiger partial charge is 0.417 e. The van der Waals surface area contributed by atoms with E-state index in [9.17, 15) is 22.8 Å². The monoisotopic (exact) mass is 364 g/mol. The fourth-order valence-electron chi connectivity index (χ4n) is 2.88. The van der Waals surface area contributed by atoms with Crippen molar-refractivity contribution in [3.05, 3.63) is 63.3 Å². The highest BCUT2D eigenvalue weighted by atomic mass is 19.4. The summed E-state index contributed by atoms with van der Waals surface area (Å²) in [4.78, 5) is 28.9. The molecule has 3 rings (SSSR count). The summed E-state index contributed by atoms with van der Waals surface area (Å²) in [5.41, 5.74) is -2.22. The van der Waals surface area contributed by atoms with Crippen LogP contribution in [0.15, 0.2) is 46.5 Å². The fraction of sp³-hybridized carbons (Fsp3) is 0.235. The number of imidazole rings is 1. The second kappa shape index (κ2) is 6.01. The molecule has 0 fully saturated rings. The molecule has 3 aromatic rings. The smallest absolute Gasteiger partial charge is 0.314 e. The van der Waals surface area contributed by atoms with E-state index in [4.69, 9.17) is 0 Å². The number of hydrogen-bond acceptors (Lipinski definition) is 3. The van der Waals surface area contributed by atoms with Gasteiger partial charge in [-0.2, -0.15) is 13.2 Å². The van der Waals surface area contributed by atoms with Crippen LogP contribution >= 0.6 is 0 Å². The lowest BCUT2D eigenvalue weighted by molar-refractivity contribution is -0.137. The Morgan fingerprint density at radius 3 is 2.42 bits per heavy atom. The summed E-state index contributed by atoms with van der Waals surface area (Å²) < 4.78 is 43.6. The summed E-state index contributed by atoms with van der Waals surface area (Å²) in [5, 5.41) is 0. The third kappa shape index (κ3) is 2.56. The number of aromatic nitrogens is 4. The summed E-state index contributed by atoms with van der Waals surface area (Å²) >= 11 is 0. The summed E-state index contributed by atoms with van der Waals surface area (Å²) in [6.45, 7) is 3.65. The SMILES string of the molecule is C=CCn1c(-c2ccccc2C(F)(F)F)nc2c1c(=O)n(C)c(=O)n2C. The zero-order chi connectivity index (χ0) is 19.2. The Labute approximate surface area is 145 Å². The fourth-order valence-corrected chi connectivity index (χ4v) is 2.88. The molecule has 0 unspecified atom stereocenters. The first-order chi connectivity index (χ1) is 12.2. The summed E-state index contributed by atoms with van der Waals surface area (Å²) in [6, 6.07) is 4.97. The van der Waals surface area contributed by atoms with Gasteiger partial charge in [-0.1, -0.05) is 24.3 Å². The van der Waals surface area contributed by atoms with E-state index >= 15 is 0 Å². The summed E-state index contributed by atoms with van der Waals surface area (Å²) in [5.74, 6) is -0.0499. The summed E-state index contributed by atoms with van der Waals surface area (Å²) in [7, 11) is 2.72. The molecule has 0 bridgehead atoms. The Morgan fingerprint density at radius 1 is 1.15 bits per heavy atom. The second-order valence-electron chi connectivity index (χ2n) is 5.76. The molecule has 0 N–H and O–H groups in total. The molecule has 0 saturated heterocycles. The van der Waals surface area contributed by atoms with Gasteiger partial charge < -0.3 is 4.57 Å². The highest BCUT2D eigenvalue weighted by Gasteiger charge is 2.35. The molecule has 136 valence electrons. The van der Waals surface area contributed by atoms with Gasteiger partial charge in [0, 0.05) is 26.2 Å². The van der Waals surface area contributed by atoms with E-state index in [1.165, 1.54) is 42.9 Å². The van der Waals surface area contributed by atoms with Gasteiger partial charge in [-0.25, -0.2) is 9.78 Å². The van der Waals surface area contributed by atoms with Crippen LogP contribution in [0.5, 0.6) is 0 Å². The number of fused-ring (bicyclic) bond motifs is 1. The van der Waals surface area contributed by atoms with Crippen molar-refractivity contribution in [1.82, 2.24) is 18.7 Å². The van der Waals surface area contributed by atoms with Crippen LogP contribution in [0.3, 0.4) is 0 Å². The van der Waals surface area contributed by atoms with Crippen molar-refractivity contribution in [2.75, 3.05) is 0 Å². The van der Waals surface area contributed by atoms with Gasteiger partial charge >= 0.3 is 11.9 Å². The molecule has 0 atom stereocenters. The van der Waals surface area contributed by atoms with E-state index in [2.05, 4.69) is 11.6 Å². The van der Waals surface area contributed by atoms with E-state index in [0.29, 0.717) is 0 Å². The van der Waals surface area contributed by atoms with Crippen LogP contribution in [0.1, 0.15) is 5.56 Å². The number of rotatable bonds is 3. The lowest BCUT2D eigenvalue weighted by Gasteiger charge is -2.13. The van der Waals surface area contributed by atoms with Crippen molar-refractivity contribution >= 4 is 11.2 Å². The van der Waals surface area contributed by atoms with Gasteiger partial charge in [-0.05, 0) is 6.07 Å². The van der Waals surface area contributed by atoms with Crippen molar-refractivity contribution in [2.45, 2.75) is 12.7 Å². The highest BCUT2D eigenvalue weighted by Crippen LogP contribution is 2.37. The van der Waals surface area contributed by atoms with Crippen LogP contribution in [-0.4, -0.2) is 18.7 Å². The molecule has 9 heteroatoms. The summed E-state index contributed by atoms with van der Waals surface area (Å²) in [6.07, 6.45) is -3.14. The number of nitrogens with zero attached hydrogens (tertiary/aromatic N) is 4. The molecule has 2 heterocycles. The van der Waals surface area contributed by atoms with Gasteiger partial charge in [0.05, 0.1) is 5.56 Å². The minimum Gasteiger partial charge on any atom is -0.314 e. The Hall–Kier alpha value is -3.10. The second-order valence-corrected chi connectivity index (χ2v) is 5.76. The Balaban J connectivity index is 2.51. The lowest BCUT2D eigenvalue weighted by Crippen LogP contribution is -2.37. The number of allylic oxidation sites excluding steroid dienone is 1. The number of hydrogen-bond donors (Lipinski definition) is 0. The Kier molecular flexibility index (Phi) is 4.09. The third-order valence-electron chi connectivity index (χ3n) is 4.13. The van der Waals surface area contributed by atoms with Gasteiger partial charge in [-0.15, -0.1) is 6.58 Å². The van der Waals surface area contributed by atoms with E-state index in [0.717, 1.165) is 15.2 Å². The van der Waals surface area contributed by atoms with Crippen LogP contribution in [0, 0.1) is 0 Å². The molecule has 0 aliphatic heterocycles. The zero-order valence-corrected chi connectivity index (χ0v) is 14.0. The molecule has 2 aromatic heterocycles. The maximum Gasteiger partial charge on any atom is 0.417 e. The predicted molar refractivity (Wildman–Crippen MR) is 90.9 cm³/mol. The van der Waals surface area contributed by atoms with Crippen LogP contribution in [0.2, 0.25) is 0 Å². The minimum absolute atomic E-state index is 0.0203. The number of halogens is 3. The molecule has 0 aliphatic rings. The Bertz CT molecular complexity index is 1140. The molecule has 0 spiro atoms. The first-order valence-electron chi connectivity index (χ1n) is 7.62. The van der Waals surface area contributed by atoms with Crippen LogP contribution in [0.25, 0.3) is 22.6 Å². The minimum atomic E-state index is -4.59. The number of alkyl halides is 3. The number of benzene rings is 1. The lowest BCUT2D eigenvalue weighted by atomic mass is 10.1. The zero-order valence-electron chi connectivity index (χ0n) is 14.0. The first kappa shape index (κ1) is 17.7. The standard InChI is InChI=1S/C17H15F3N4O2/c1-4-9-24-12-14(22(2)16(26)23(3)15(12)25)21-13(24)10-7-5-6-8-11(10)17(18,19)20/h4-8H,1,9H2,2-3H3. The van der Waals surface area contributed by atoms with Crippen LogP contribution in [-0.2, 0) is 26.8 Å². The first-order valence-corrected chi connectivity index (χ1v) is 7.62. The molecule has 6 nitrogen and oxygen atoms in total. The van der Waals surface area contributed by atoms with E-state index < -0.39 is 23.0 Å². The van der Waals surface area contributed by atoms with Crippen LogP contribution in [0.4, 0.5) is 13.2 Å². The Morgan fingerprint density at radius 2 is 1.81 bits per heavy atom. The molecule has 26 heavy (non-hydrogen) atoms. The highest BCUT2D eigenvalue weighted by molar-refractivity contribution is 5.78. The van der Waals surface area contributed by atoms with Gasteiger partial charge in [-0.3, -0.25) is 13.9 Å². The van der Waals surface area contributed by atoms with Crippen molar-refractivity contribution < 1.29 is 13.2 Å². The van der Waals surface area contributed by atoms with Gasteiger partial charge in [0.2, 0.25) is 0 Å². The normalized spacial score (nSPS) is 11.9. The van der Waals surface area contributed by atoms with Gasteiger partial charge in [0.15, 0.2) is 11.2 Å². The van der Waals surface area contributed by atoms with Crippen LogP contribution < -0.4 is 11.2 Å².